The van der Waals surface area contributed by atoms with Gasteiger partial charge in [-0.2, -0.15) is 0 Å². The number of nitrogens with one attached hydrogen (secondary N) is 1. The summed E-state index contributed by atoms with van der Waals surface area (Å²) in [4.78, 5) is 12.9. The zero-order chi connectivity index (χ0) is 12.0. The monoisotopic (exact) mass is 229 g/mol. The number of hydrogen-bond acceptors (Lipinski definition) is 4. The largest absolute Gasteiger partial charge is 0.390 e. The third-order valence-corrected chi connectivity index (χ3v) is 2.88. The molecule has 0 aromatic carbocycles. The Morgan fingerprint density at radius 2 is 2.12 bits per heavy atom. The maximum Gasteiger partial charge on any atom is 0.218 e. The van der Waals surface area contributed by atoms with Crippen LogP contribution in [0.3, 0.4) is 0 Å². The summed E-state index contributed by atoms with van der Waals surface area (Å²) in [5.41, 5.74) is 5.08. The van der Waals surface area contributed by atoms with Gasteiger partial charge in [0.15, 0.2) is 0 Å². The molecule has 0 bridgehead atoms. The quantitative estimate of drug-likeness (QED) is 0.539. The van der Waals surface area contributed by atoms with Gasteiger partial charge in [-0.1, -0.05) is 0 Å². The number of carbonyl (C=O) groups is 1. The van der Waals surface area contributed by atoms with E-state index in [1.807, 2.05) is 6.92 Å². The molecule has 1 aliphatic heterocycles. The lowest BCUT2D eigenvalue weighted by atomic mass is 10.2. The van der Waals surface area contributed by atoms with E-state index in [0.717, 1.165) is 19.6 Å². The molecule has 4 N–H and O–H groups in total. The van der Waals surface area contributed by atoms with Crippen molar-refractivity contribution < 1.29 is 9.90 Å². The molecule has 2 unspecified atom stereocenters. The van der Waals surface area contributed by atoms with E-state index in [-0.39, 0.29) is 18.1 Å². The maximum absolute atomic E-state index is 10.6. The van der Waals surface area contributed by atoms with Crippen LogP contribution in [0.15, 0.2) is 0 Å². The smallest absolute Gasteiger partial charge is 0.218 e. The number of aliphatic hydroxyl groups excluding tert-OH is 1. The van der Waals surface area contributed by atoms with Crippen molar-refractivity contribution >= 4 is 5.91 Å². The third-order valence-electron chi connectivity index (χ3n) is 2.88. The van der Waals surface area contributed by atoms with Gasteiger partial charge in [0.1, 0.15) is 0 Å². The first-order valence-electron chi connectivity index (χ1n) is 6.00. The molecule has 0 aromatic rings. The van der Waals surface area contributed by atoms with Gasteiger partial charge >= 0.3 is 0 Å². The molecule has 0 aromatic heterocycles. The summed E-state index contributed by atoms with van der Waals surface area (Å²) in [6.45, 7) is 5.32. The lowest BCUT2D eigenvalue weighted by Gasteiger charge is -2.21. The minimum atomic E-state index is -0.367. The Labute approximate surface area is 97.0 Å². The highest BCUT2D eigenvalue weighted by molar-refractivity contribution is 5.74. The number of rotatable bonds is 7. The van der Waals surface area contributed by atoms with Crippen LogP contribution < -0.4 is 11.1 Å². The van der Waals surface area contributed by atoms with Crippen molar-refractivity contribution in [3.8, 4) is 0 Å². The number of carbonyl (C=O) groups excluding carboxylic acids is 1. The number of amides is 1. The molecule has 2 atom stereocenters. The highest BCUT2D eigenvalue weighted by atomic mass is 16.3. The molecule has 0 radical (unpaired) electrons. The summed E-state index contributed by atoms with van der Waals surface area (Å²) in [6.07, 6.45) is 2.42. The summed E-state index contributed by atoms with van der Waals surface area (Å²) in [5, 5.41) is 12.9. The van der Waals surface area contributed by atoms with Crippen molar-refractivity contribution in [1.82, 2.24) is 10.2 Å². The van der Waals surface area contributed by atoms with E-state index >= 15 is 0 Å². The van der Waals surface area contributed by atoms with Crippen LogP contribution in [-0.4, -0.2) is 54.2 Å². The lowest BCUT2D eigenvalue weighted by Crippen LogP contribution is -2.41. The zero-order valence-electron chi connectivity index (χ0n) is 9.98. The second-order valence-electron chi connectivity index (χ2n) is 4.64. The van der Waals surface area contributed by atoms with Gasteiger partial charge in [0.05, 0.1) is 6.10 Å². The van der Waals surface area contributed by atoms with E-state index in [0.29, 0.717) is 13.0 Å². The van der Waals surface area contributed by atoms with Gasteiger partial charge in [-0.3, -0.25) is 4.79 Å². The van der Waals surface area contributed by atoms with E-state index in [1.165, 1.54) is 12.8 Å². The Morgan fingerprint density at radius 1 is 1.50 bits per heavy atom. The first-order valence-corrected chi connectivity index (χ1v) is 6.00. The standard InChI is InChI=1S/C11H23N3O2/c1-9(6-11(12)16)13-7-10(15)8-14-4-2-3-5-14/h9-10,13,15H,2-8H2,1H3,(H2,12,16). The second-order valence-corrected chi connectivity index (χ2v) is 4.64. The Morgan fingerprint density at radius 3 is 2.69 bits per heavy atom. The molecule has 5 heteroatoms. The molecule has 5 nitrogen and oxygen atoms in total. The molecule has 94 valence electrons. The van der Waals surface area contributed by atoms with Gasteiger partial charge < -0.3 is 21.1 Å². The average Bonchev–Trinajstić information content (AvgIpc) is 2.66. The van der Waals surface area contributed by atoms with E-state index < -0.39 is 0 Å². The Kier molecular flexibility index (Phi) is 5.73. The van der Waals surface area contributed by atoms with E-state index in [9.17, 15) is 9.90 Å². The first-order chi connectivity index (χ1) is 7.58. The fourth-order valence-electron chi connectivity index (χ4n) is 2.04. The van der Waals surface area contributed by atoms with Crippen LogP contribution in [0.2, 0.25) is 0 Å². The topological polar surface area (TPSA) is 78.6 Å². The molecule has 1 amide bonds. The normalized spacial score (nSPS) is 20.9. The number of β-amino-alcohol motifs (C(OH)–C–C–N with tert-alkyl or cyclic N) is 1. The van der Waals surface area contributed by atoms with Crippen molar-refractivity contribution in [2.45, 2.75) is 38.3 Å². The Hall–Kier alpha value is -0.650. The van der Waals surface area contributed by atoms with Gasteiger partial charge in [0.2, 0.25) is 5.91 Å². The predicted molar refractivity (Wildman–Crippen MR) is 63.0 cm³/mol. The zero-order valence-corrected chi connectivity index (χ0v) is 9.98. The second kappa shape index (κ2) is 6.83. The molecular formula is C11H23N3O2. The van der Waals surface area contributed by atoms with Gasteiger partial charge in [-0.15, -0.1) is 0 Å². The molecular weight excluding hydrogens is 206 g/mol. The average molecular weight is 229 g/mol. The third kappa shape index (κ3) is 5.44. The number of aliphatic hydroxyl groups is 1. The minimum absolute atomic E-state index is 0.0331. The number of primary amides is 1. The molecule has 0 spiro atoms. The van der Waals surface area contributed by atoms with Crippen LogP contribution in [0, 0.1) is 0 Å². The van der Waals surface area contributed by atoms with Crippen LogP contribution >= 0.6 is 0 Å². The highest BCUT2D eigenvalue weighted by Gasteiger charge is 2.16. The fraction of sp³-hybridized carbons (Fsp3) is 0.909. The van der Waals surface area contributed by atoms with Crippen molar-refractivity contribution in [2.75, 3.05) is 26.2 Å². The van der Waals surface area contributed by atoms with Crippen LogP contribution in [0.4, 0.5) is 0 Å². The highest BCUT2D eigenvalue weighted by Crippen LogP contribution is 2.07. The molecule has 1 heterocycles. The molecule has 0 aliphatic carbocycles. The molecule has 16 heavy (non-hydrogen) atoms. The van der Waals surface area contributed by atoms with Crippen molar-refractivity contribution in [3.05, 3.63) is 0 Å². The minimum Gasteiger partial charge on any atom is -0.390 e. The molecule has 1 aliphatic rings. The van der Waals surface area contributed by atoms with Gasteiger partial charge in [0.25, 0.3) is 0 Å². The van der Waals surface area contributed by atoms with Crippen LogP contribution in [-0.2, 0) is 4.79 Å². The molecule has 1 fully saturated rings. The summed E-state index contributed by atoms with van der Waals surface area (Å²) < 4.78 is 0. The van der Waals surface area contributed by atoms with E-state index in [4.69, 9.17) is 5.73 Å². The first kappa shape index (κ1) is 13.4. The van der Waals surface area contributed by atoms with Crippen LogP contribution in [0.25, 0.3) is 0 Å². The van der Waals surface area contributed by atoms with E-state index in [2.05, 4.69) is 10.2 Å². The summed E-state index contributed by atoms with van der Waals surface area (Å²) in [7, 11) is 0. The fourth-order valence-corrected chi connectivity index (χ4v) is 2.04. The summed E-state index contributed by atoms with van der Waals surface area (Å²) >= 11 is 0. The molecule has 0 saturated carbocycles. The Balaban J connectivity index is 2.08. The van der Waals surface area contributed by atoms with Crippen molar-refractivity contribution in [1.29, 1.82) is 0 Å². The number of likely N-dealkylation sites (tertiary alicyclic amines) is 1. The van der Waals surface area contributed by atoms with Gasteiger partial charge in [-0.05, 0) is 32.9 Å². The van der Waals surface area contributed by atoms with Crippen LogP contribution in [0.1, 0.15) is 26.2 Å². The molecule has 1 rings (SSSR count). The van der Waals surface area contributed by atoms with Gasteiger partial charge in [0, 0.05) is 25.6 Å². The summed E-state index contributed by atoms with van der Waals surface area (Å²) in [5.74, 6) is -0.311. The van der Waals surface area contributed by atoms with Crippen LogP contribution in [0.5, 0.6) is 0 Å². The van der Waals surface area contributed by atoms with Crippen molar-refractivity contribution in [2.24, 2.45) is 5.73 Å². The Bertz CT molecular complexity index is 217. The number of nitrogens with two attached hydrogens (primary N) is 1. The van der Waals surface area contributed by atoms with Gasteiger partial charge in [-0.25, -0.2) is 0 Å². The number of nitrogens with zero attached hydrogens (tertiary/aromatic N) is 1. The predicted octanol–water partition coefficient (Wildman–Crippen LogP) is -0.703. The lowest BCUT2D eigenvalue weighted by molar-refractivity contribution is -0.118. The SMILES string of the molecule is CC(CC(N)=O)NCC(O)CN1CCCC1. The molecule has 1 saturated heterocycles. The number of hydrogen-bond donors (Lipinski definition) is 3. The van der Waals surface area contributed by atoms with E-state index in [1.54, 1.807) is 0 Å². The van der Waals surface area contributed by atoms with Crippen molar-refractivity contribution in [3.63, 3.8) is 0 Å². The maximum atomic E-state index is 10.6. The summed E-state index contributed by atoms with van der Waals surface area (Å²) in [6, 6.07) is 0.0331.